The lowest BCUT2D eigenvalue weighted by molar-refractivity contribution is -0.113. The van der Waals surface area contributed by atoms with Gasteiger partial charge in [-0.2, -0.15) is 0 Å². The molecule has 36 heavy (non-hydrogen) atoms. The van der Waals surface area contributed by atoms with Crippen molar-refractivity contribution in [1.82, 2.24) is 19.7 Å². The van der Waals surface area contributed by atoms with E-state index in [1.165, 1.54) is 23.8 Å². The zero-order valence-corrected chi connectivity index (χ0v) is 22.8. The van der Waals surface area contributed by atoms with Crippen molar-refractivity contribution in [3.8, 4) is 5.75 Å². The van der Waals surface area contributed by atoms with Crippen molar-refractivity contribution >= 4 is 57.5 Å². The summed E-state index contributed by atoms with van der Waals surface area (Å²) in [5.74, 6) is -0.113. The van der Waals surface area contributed by atoms with Gasteiger partial charge in [0.1, 0.15) is 17.4 Å². The number of ether oxygens (including phenoxy) is 2. The molecule has 2 heterocycles. The van der Waals surface area contributed by atoms with Crippen molar-refractivity contribution in [3.63, 3.8) is 0 Å². The molecule has 0 fully saturated rings. The molecule has 192 valence electrons. The number of carbonyl (C=O) groups excluding carboxylic acids is 3. The second-order valence-corrected chi connectivity index (χ2v) is 10.0. The van der Waals surface area contributed by atoms with Crippen LogP contribution in [0.4, 0.5) is 5.00 Å². The quantitative estimate of drug-likeness (QED) is 0.295. The van der Waals surface area contributed by atoms with Crippen molar-refractivity contribution in [3.05, 3.63) is 51.1 Å². The lowest BCUT2D eigenvalue weighted by Gasteiger charge is -2.10. The molecule has 0 saturated carbocycles. The summed E-state index contributed by atoms with van der Waals surface area (Å²) in [7, 11) is 4.48. The number of halogens is 1. The highest BCUT2D eigenvalue weighted by atomic mass is 35.5. The summed E-state index contributed by atoms with van der Waals surface area (Å²) in [4.78, 5) is 39.4. The van der Waals surface area contributed by atoms with E-state index in [9.17, 15) is 14.4 Å². The number of anilines is 1. The highest BCUT2D eigenvalue weighted by molar-refractivity contribution is 7.99. The van der Waals surface area contributed by atoms with Crippen LogP contribution in [0.1, 0.15) is 38.3 Å². The Kier molecular flexibility index (Phi) is 9.35. The number of methoxy groups -OCH3 is 1. The smallest absolute Gasteiger partial charge is 0.341 e. The minimum absolute atomic E-state index is 0.0119. The van der Waals surface area contributed by atoms with Crippen molar-refractivity contribution in [2.75, 3.05) is 32.3 Å². The van der Waals surface area contributed by atoms with Gasteiger partial charge in [0.15, 0.2) is 11.0 Å². The number of para-hydroxylation sites is 1. The number of carbonyl (C=O) groups is 3. The number of hydrogen-bond acceptors (Lipinski definition) is 9. The molecule has 0 radical (unpaired) electrons. The number of amides is 2. The number of nitrogens with one attached hydrogen (secondary N) is 1. The van der Waals surface area contributed by atoms with Crippen molar-refractivity contribution in [2.24, 2.45) is 0 Å². The van der Waals surface area contributed by atoms with Gasteiger partial charge >= 0.3 is 5.97 Å². The number of esters is 1. The molecule has 13 heteroatoms. The Morgan fingerprint density at radius 3 is 2.58 bits per heavy atom. The second-order valence-electron chi connectivity index (χ2n) is 7.65. The Labute approximate surface area is 221 Å². The summed E-state index contributed by atoms with van der Waals surface area (Å²) in [6, 6.07) is 7.14. The van der Waals surface area contributed by atoms with Gasteiger partial charge in [-0.05, 0) is 31.5 Å². The SMILES string of the molecule is CCn1c(COc2ccccc2Cl)nnc1SCC(=O)Nc1sc(C(=O)N(C)C)c(C)c1C(=O)OC. The van der Waals surface area contributed by atoms with Gasteiger partial charge < -0.3 is 24.3 Å². The number of thioether (sulfide) groups is 1. The summed E-state index contributed by atoms with van der Waals surface area (Å²) in [5.41, 5.74) is 0.629. The van der Waals surface area contributed by atoms with Gasteiger partial charge in [0.05, 0.1) is 28.3 Å². The molecule has 10 nitrogen and oxygen atoms in total. The minimum Gasteiger partial charge on any atom is -0.484 e. The third-order valence-corrected chi connectivity index (χ3v) is 7.50. The first-order valence-electron chi connectivity index (χ1n) is 10.8. The molecule has 0 aliphatic rings. The van der Waals surface area contributed by atoms with Gasteiger partial charge in [0.25, 0.3) is 5.91 Å². The number of aromatic nitrogens is 3. The average molecular weight is 552 g/mol. The molecule has 2 aromatic heterocycles. The maximum atomic E-state index is 12.8. The highest BCUT2D eigenvalue weighted by Gasteiger charge is 2.27. The lowest BCUT2D eigenvalue weighted by Crippen LogP contribution is -2.21. The predicted octanol–water partition coefficient (Wildman–Crippen LogP) is 4.12. The summed E-state index contributed by atoms with van der Waals surface area (Å²) in [6.45, 7) is 4.33. The fraction of sp³-hybridized carbons (Fsp3) is 0.348. The summed E-state index contributed by atoms with van der Waals surface area (Å²) in [5, 5.41) is 12.4. The van der Waals surface area contributed by atoms with Gasteiger partial charge in [0.2, 0.25) is 5.91 Å². The van der Waals surface area contributed by atoms with Crippen LogP contribution in [0.15, 0.2) is 29.4 Å². The average Bonchev–Trinajstić information content (AvgIpc) is 3.40. The van der Waals surface area contributed by atoms with Crippen molar-refractivity contribution in [1.29, 1.82) is 0 Å². The fourth-order valence-corrected chi connectivity index (χ4v) is 5.45. The van der Waals surface area contributed by atoms with E-state index < -0.39 is 5.97 Å². The first-order chi connectivity index (χ1) is 17.2. The normalized spacial score (nSPS) is 10.7. The molecule has 0 saturated heterocycles. The largest absolute Gasteiger partial charge is 0.484 e. The highest BCUT2D eigenvalue weighted by Crippen LogP contribution is 2.34. The van der Waals surface area contributed by atoms with E-state index >= 15 is 0 Å². The topological polar surface area (TPSA) is 116 Å². The maximum Gasteiger partial charge on any atom is 0.341 e. The molecular weight excluding hydrogens is 526 g/mol. The van der Waals surface area contributed by atoms with Crippen molar-refractivity contribution < 1.29 is 23.9 Å². The summed E-state index contributed by atoms with van der Waals surface area (Å²) >= 11 is 8.37. The van der Waals surface area contributed by atoms with Gasteiger partial charge in [-0.15, -0.1) is 21.5 Å². The van der Waals surface area contributed by atoms with Crippen LogP contribution >= 0.6 is 34.7 Å². The molecule has 0 aliphatic heterocycles. The zero-order valence-electron chi connectivity index (χ0n) is 20.5. The Hall–Kier alpha value is -3.09. The Morgan fingerprint density at radius 2 is 1.94 bits per heavy atom. The third-order valence-electron chi connectivity index (χ3n) is 5.03. The molecule has 0 bridgehead atoms. The standard InChI is InChI=1S/C23H26ClN5O5S2/c1-6-29-16(11-34-15-10-8-7-9-14(15)24)26-27-23(29)35-12-17(30)25-20-18(22(32)33-5)13(2)19(36-20)21(31)28(3)4/h7-10H,6,11-12H2,1-5H3,(H,25,30). The van der Waals surface area contributed by atoms with E-state index in [1.54, 1.807) is 33.2 Å². The Bertz CT molecular complexity index is 1270. The minimum atomic E-state index is -0.626. The number of hydrogen-bond donors (Lipinski definition) is 1. The van der Waals surface area contributed by atoms with E-state index in [-0.39, 0.29) is 34.7 Å². The van der Waals surface area contributed by atoms with E-state index in [0.717, 1.165) is 11.3 Å². The number of benzene rings is 1. The fourth-order valence-electron chi connectivity index (χ4n) is 3.20. The van der Waals surface area contributed by atoms with Crippen LogP contribution < -0.4 is 10.1 Å². The molecular formula is C23H26ClN5O5S2. The van der Waals surface area contributed by atoms with Gasteiger partial charge in [-0.25, -0.2) is 4.79 Å². The molecule has 1 N–H and O–H groups in total. The van der Waals surface area contributed by atoms with Crippen LogP contribution in [0.3, 0.4) is 0 Å². The first-order valence-corrected chi connectivity index (χ1v) is 13.0. The van der Waals surface area contributed by atoms with Crippen LogP contribution in [0.2, 0.25) is 5.02 Å². The van der Waals surface area contributed by atoms with Crippen LogP contribution in [0.5, 0.6) is 5.75 Å². The Morgan fingerprint density at radius 1 is 1.22 bits per heavy atom. The zero-order chi connectivity index (χ0) is 26.4. The Balaban J connectivity index is 1.70. The molecule has 3 aromatic rings. The molecule has 0 unspecified atom stereocenters. The molecule has 2 amide bonds. The predicted molar refractivity (Wildman–Crippen MR) is 139 cm³/mol. The molecule has 0 atom stereocenters. The number of thiophene rings is 1. The monoisotopic (exact) mass is 551 g/mol. The van der Waals surface area contributed by atoms with E-state index in [0.29, 0.717) is 38.7 Å². The summed E-state index contributed by atoms with van der Waals surface area (Å²) in [6.07, 6.45) is 0. The first kappa shape index (κ1) is 27.5. The van der Waals surface area contributed by atoms with Crippen LogP contribution in [0, 0.1) is 6.92 Å². The third kappa shape index (κ3) is 6.18. The van der Waals surface area contributed by atoms with E-state index in [4.69, 9.17) is 21.1 Å². The summed E-state index contributed by atoms with van der Waals surface area (Å²) < 4.78 is 12.5. The van der Waals surface area contributed by atoms with Crippen LogP contribution in [-0.2, 0) is 22.7 Å². The van der Waals surface area contributed by atoms with Crippen molar-refractivity contribution in [2.45, 2.75) is 32.2 Å². The van der Waals surface area contributed by atoms with Gasteiger partial charge in [-0.1, -0.05) is 35.5 Å². The van der Waals surface area contributed by atoms with Gasteiger partial charge in [0, 0.05) is 20.6 Å². The molecule has 0 aliphatic carbocycles. The number of rotatable bonds is 10. The second kappa shape index (κ2) is 12.2. The number of nitrogens with zero attached hydrogens (tertiary/aromatic N) is 4. The van der Waals surface area contributed by atoms with Crippen LogP contribution in [-0.4, -0.2) is 64.4 Å². The van der Waals surface area contributed by atoms with E-state index in [2.05, 4.69) is 15.5 Å². The molecule has 3 rings (SSSR count). The lowest BCUT2D eigenvalue weighted by atomic mass is 10.1. The van der Waals surface area contributed by atoms with E-state index in [1.807, 2.05) is 23.6 Å². The molecule has 0 spiro atoms. The van der Waals surface area contributed by atoms with Crippen LogP contribution in [0.25, 0.3) is 0 Å². The molecule has 1 aromatic carbocycles. The van der Waals surface area contributed by atoms with Gasteiger partial charge in [-0.3, -0.25) is 9.59 Å². The maximum absolute atomic E-state index is 12.8.